The van der Waals surface area contributed by atoms with Gasteiger partial charge >= 0.3 is 0 Å². The number of guanidine groups is 2. The molecule has 0 radical (unpaired) electrons. The molecule has 2 rings (SSSR count). The molecule has 5 N–H and O–H groups in total. The van der Waals surface area contributed by atoms with Gasteiger partial charge in [0.25, 0.3) is 0 Å². The lowest BCUT2D eigenvalue weighted by molar-refractivity contribution is -0.124. The molecule has 1 atom stereocenters. The Morgan fingerprint density at radius 3 is 2.70 bits per heavy atom. The fraction of sp³-hybridized carbons (Fsp3) is 0.308. The average molecular weight is 275 g/mol. The molecular weight excluding hydrogens is 258 g/mol. The maximum atomic E-state index is 11.5. The second-order valence-electron chi connectivity index (χ2n) is 4.59. The summed E-state index contributed by atoms with van der Waals surface area (Å²) >= 11 is 0. The number of aryl methyl sites for hydroxylation is 1. The van der Waals surface area contributed by atoms with Crippen LogP contribution in [0.2, 0.25) is 0 Å². The Morgan fingerprint density at radius 1 is 1.40 bits per heavy atom. The number of β-amino-alcohol motifs (C(OH)–C–C–N with tert-alkyl or cyclic N) is 1. The molecule has 7 heteroatoms. The summed E-state index contributed by atoms with van der Waals surface area (Å²) in [5.41, 5.74) is 13.1. The van der Waals surface area contributed by atoms with Crippen LogP contribution >= 0.6 is 0 Å². The third-order valence-electron chi connectivity index (χ3n) is 2.96. The van der Waals surface area contributed by atoms with Gasteiger partial charge in [0.2, 0.25) is 17.8 Å². The number of nitrogens with zero attached hydrogens (tertiary/aromatic N) is 3. The number of hydrogen-bond acceptors (Lipinski definition) is 3. The number of carbonyl (C=O) groups is 1. The Hall–Kier alpha value is -2.41. The van der Waals surface area contributed by atoms with Crippen molar-refractivity contribution in [3.8, 4) is 0 Å². The van der Waals surface area contributed by atoms with Gasteiger partial charge in [-0.25, -0.2) is 4.99 Å². The number of aliphatic hydroxyl groups is 1. The van der Waals surface area contributed by atoms with Gasteiger partial charge in [-0.05, 0) is 18.6 Å². The van der Waals surface area contributed by atoms with E-state index in [1.165, 1.54) is 4.90 Å². The summed E-state index contributed by atoms with van der Waals surface area (Å²) in [5, 5.41) is 9.39. The van der Waals surface area contributed by atoms with Gasteiger partial charge in [-0.1, -0.05) is 18.2 Å². The molecule has 0 saturated carbocycles. The van der Waals surface area contributed by atoms with Crippen molar-refractivity contribution in [3.05, 3.63) is 29.8 Å². The van der Waals surface area contributed by atoms with Crippen LogP contribution in [-0.4, -0.2) is 40.5 Å². The van der Waals surface area contributed by atoms with Crippen LogP contribution in [0.3, 0.4) is 0 Å². The third kappa shape index (κ3) is 3.12. The molecule has 1 aliphatic heterocycles. The zero-order valence-electron chi connectivity index (χ0n) is 11.2. The standard InChI is InChI=1S/C13H17N5O2/c1-8-4-2-3-5-10(8)16-12(14)17-13(15)18-7-9(19)6-11(18)20/h2-5,9,19H,6-7H2,1H3,(H4,14,15,16,17). The van der Waals surface area contributed by atoms with E-state index in [4.69, 9.17) is 11.5 Å². The average Bonchev–Trinajstić information content (AvgIpc) is 2.71. The van der Waals surface area contributed by atoms with Crippen LogP contribution in [0.1, 0.15) is 12.0 Å². The summed E-state index contributed by atoms with van der Waals surface area (Å²) in [4.78, 5) is 20.8. The van der Waals surface area contributed by atoms with Crippen LogP contribution in [0, 0.1) is 6.92 Å². The molecule has 1 aliphatic rings. The minimum absolute atomic E-state index is 0.0361. The molecule has 20 heavy (non-hydrogen) atoms. The van der Waals surface area contributed by atoms with Gasteiger partial charge in [-0.3, -0.25) is 9.69 Å². The Labute approximate surface area is 116 Å². The number of aliphatic imine (C=N–C) groups is 2. The molecule has 0 aromatic heterocycles. The number of likely N-dealkylation sites (tertiary alicyclic amines) is 1. The number of benzene rings is 1. The van der Waals surface area contributed by atoms with Crippen molar-refractivity contribution in [2.75, 3.05) is 6.54 Å². The predicted octanol–water partition coefficient (Wildman–Crippen LogP) is -0.151. The Morgan fingerprint density at radius 2 is 2.10 bits per heavy atom. The van der Waals surface area contributed by atoms with E-state index in [9.17, 15) is 9.90 Å². The van der Waals surface area contributed by atoms with Crippen molar-refractivity contribution < 1.29 is 9.90 Å². The maximum absolute atomic E-state index is 11.5. The molecule has 106 valence electrons. The Bertz CT molecular complexity index is 582. The Balaban J connectivity index is 2.18. The summed E-state index contributed by atoms with van der Waals surface area (Å²) < 4.78 is 0. The SMILES string of the molecule is Cc1ccccc1N=C(N)/N=C(\N)N1CC(O)CC1=O. The predicted molar refractivity (Wildman–Crippen MR) is 76.4 cm³/mol. The second kappa shape index (κ2) is 5.70. The zero-order chi connectivity index (χ0) is 14.7. The topological polar surface area (TPSA) is 117 Å². The van der Waals surface area contributed by atoms with E-state index in [1.54, 1.807) is 6.07 Å². The van der Waals surface area contributed by atoms with Crippen molar-refractivity contribution in [3.63, 3.8) is 0 Å². The van der Waals surface area contributed by atoms with E-state index in [0.29, 0.717) is 5.69 Å². The van der Waals surface area contributed by atoms with Gasteiger partial charge in [0.15, 0.2) is 0 Å². The summed E-state index contributed by atoms with van der Waals surface area (Å²) in [6, 6.07) is 7.44. The second-order valence-corrected chi connectivity index (χ2v) is 4.59. The lowest BCUT2D eigenvalue weighted by Crippen LogP contribution is -2.40. The van der Waals surface area contributed by atoms with E-state index in [1.807, 2.05) is 25.1 Å². The summed E-state index contributed by atoms with van der Waals surface area (Å²) in [7, 11) is 0. The summed E-state index contributed by atoms with van der Waals surface area (Å²) in [6.07, 6.45) is -0.670. The highest BCUT2D eigenvalue weighted by Crippen LogP contribution is 2.17. The van der Waals surface area contributed by atoms with E-state index in [-0.39, 0.29) is 30.8 Å². The molecule has 1 saturated heterocycles. The molecule has 0 bridgehead atoms. The van der Waals surface area contributed by atoms with Crippen LogP contribution in [0.5, 0.6) is 0 Å². The first-order valence-corrected chi connectivity index (χ1v) is 6.19. The maximum Gasteiger partial charge on any atom is 0.232 e. The Kier molecular flexibility index (Phi) is 3.99. The van der Waals surface area contributed by atoms with Crippen LogP contribution in [0.15, 0.2) is 34.3 Å². The lowest BCUT2D eigenvalue weighted by atomic mass is 10.2. The van der Waals surface area contributed by atoms with Crippen molar-refractivity contribution in [2.24, 2.45) is 21.5 Å². The lowest BCUT2D eigenvalue weighted by Gasteiger charge is -2.13. The summed E-state index contributed by atoms with van der Waals surface area (Å²) in [6.45, 7) is 2.03. The third-order valence-corrected chi connectivity index (χ3v) is 2.96. The molecule has 1 fully saturated rings. The first-order valence-electron chi connectivity index (χ1n) is 6.19. The number of carbonyl (C=O) groups excluding carboxylic acids is 1. The molecule has 1 amide bonds. The van der Waals surface area contributed by atoms with E-state index < -0.39 is 6.10 Å². The number of aliphatic hydroxyl groups excluding tert-OH is 1. The largest absolute Gasteiger partial charge is 0.391 e. The first-order chi connectivity index (χ1) is 9.47. The van der Waals surface area contributed by atoms with Gasteiger partial charge in [-0.15, -0.1) is 0 Å². The molecule has 0 spiro atoms. The molecule has 1 aromatic carbocycles. The minimum atomic E-state index is -0.717. The van der Waals surface area contributed by atoms with Crippen LogP contribution in [0.25, 0.3) is 0 Å². The van der Waals surface area contributed by atoms with E-state index in [2.05, 4.69) is 9.98 Å². The first kappa shape index (κ1) is 14.0. The summed E-state index contributed by atoms with van der Waals surface area (Å²) in [5.74, 6) is -0.366. The zero-order valence-corrected chi connectivity index (χ0v) is 11.2. The minimum Gasteiger partial charge on any atom is -0.391 e. The number of hydrogen-bond donors (Lipinski definition) is 3. The molecule has 1 aromatic rings. The molecule has 1 heterocycles. The van der Waals surface area contributed by atoms with Crippen molar-refractivity contribution in [1.82, 2.24) is 4.90 Å². The van der Waals surface area contributed by atoms with E-state index in [0.717, 1.165) is 5.56 Å². The fourth-order valence-electron chi connectivity index (χ4n) is 1.93. The molecule has 1 unspecified atom stereocenters. The normalized spacial score (nSPS) is 20.6. The smallest absolute Gasteiger partial charge is 0.232 e. The monoisotopic (exact) mass is 275 g/mol. The van der Waals surface area contributed by atoms with Crippen molar-refractivity contribution in [2.45, 2.75) is 19.4 Å². The van der Waals surface area contributed by atoms with Crippen LogP contribution in [-0.2, 0) is 4.79 Å². The molecule has 7 nitrogen and oxygen atoms in total. The quantitative estimate of drug-likeness (QED) is 0.488. The van der Waals surface area contributed by atoms with Gasteiger partial charge in [0.1, 0.15) is 0 Å². The fourth-order valence-corrected chi connectivity index (χ4v) is 1.93. The van der Waals surface area contributed by atoms with E-state index >= 15 is 0 Å². The number of amides is 1. The molecular formula is C13H17N5O2. The highest BCUT2D eigenvalue weighted by Gasteiger charge is 2.30. The van der Waals surface area contributed by atoms with Crippen molar-refractivity contribution in [1.29, 1.82) is 0 Å². The van der Waals surface area contributed by atoms with Crippen LogP contribution in [0.4, 0.5) is 5.69 Å². The van der Waals surface area contributed by atoms with Crippen molar-refractivity contribution >= 4 is 23.5 Å². The number of para-hydroxylation sites is 1. The number of rotatable bonds is 1. The van der Waals surface area contributed by atoms with Gasteiger partial charge in [-0.2, -0.15) is 4.99 Å². The van der Waals surface area contributed by atoms with Crippen LogP contribution < -0.4 is 11.5 Å². The van der Waals surface area contributed by atoms with Gasteiger partial charge in [0, 0.05) is 0 Å². The van der Waals surface area contributed by atoms with Gasteiger partial charge < -0.3 is 16.6 Å². The van der Waals surface area contributed by atoms with Gasteiger partial charge in [0.05, 0.1) is 24.8 Å². The highest BCUT2D eigenvalue weighted by atomic mass is 16.3. The highest BCUT2D eigenvalue weighted by molar-refractivity contribution is 6.03. The number of nitrogens with two attached hydrogens (primary N) is 2. The molecule has 0 aliphatic carbocycles.